The number of aromatic nitrogens is 1. The molecule has 0 aliphatic carbocycles. The van der Waals surface area contributed by atoms with Crippen molar-refractivity contribution in [2.75, 3.05) is 17.2 Å². The molecule has 2 N–H and O–H groups in total. The fraction of sp³-hybridized carbons (Fsp3) is 0.267. The zero-order valence-electron chi connectivity index (χ0n) is 10.6. The number of pyridine rings is 1. The van der Waals surface area contributed by atoms with Crippen LogP contribution in [0.4, 0.5) is 11.4 Å². The molecule has 0 atom stereocenters. The minimum Gasteiger partial charge on any atom is -0.398 e. The lowest BCUT2D eigenvalue weighted by Crippen LogP contribution is -2.29. The quantitative estimate of drug-likeness (QED) is 0.674. The summed E-state index contributed by atoms with van der Waals surface area (Å²) in [6, 6.07) is 10.1. The fourth-order valence-corrected chi connectivity index (χ4v) is 2.81. The van der Waals surface area contributed by atoms with Crippen molar-refractivity contribution in [2.24, 2.45) is 0 Å². The number of nitrogens with two attached hydrogens (primary N) is 1. The lowest BCUT2D eigenvalue weighted by atomic mass is 9.99. The average molecular weight is 274 g/mol. The van der Waals surface area contributed by atoms with Crippen LogP contribution in [0.5, 0.6) is 0 Å². The lowest BCUT2D eigenvalue weighted by Gasteiger charge is -2.32. The molecule has 1 aromatic carbocycles. The predicted octanol–water partition coefficient (Wildman–Crippen LogP) is 3.27. The first kappa shape index (κ1) is 12.3. The van der Waals surface area contributed by atoms with Gasteiger partial charge < -0.3 is 10.6 Å². The number of rotatable bonds is 2. The Kier molecular flexibility index (Phi) is 3.30. The Morgan fingerprint density at radius 3 is 3.00 bits per heavy atom. The summed E-state index contributed by atoms with van der Waals surface area (Å²) in [6.45, 7) is 1.81. The van der Waals surface area contributed by atoms with Crippen molar-refractivity contribution < 1.29 is 0 Å². The molecular formula is C15H16ClN3. The third kappa shape index (κ3) is 2.38. The van der Waals surface area contributed by atoms with Crippen molar-refractivity contribution in [2.45, 2.75) is 19.4 Å². The fourth-order valence-electron chi connectivity index (χ4n) is 2.63. The van der Waals surface area contributed by atoms with Crippen LogP contribution in [0.15, 0.2) is 36.5 Å². The number of halogens is 1. The van der Waals surface area contributed by atoms with Crippen LogP contribution in [0, 0.1) is 0 Å². The van der Waals surface area contributed by atoms with Gasteiger partial charge in [0.15, 0.2) is 0 Å². The Morgan fingerprint density at radius 2 is 2.16 bits per heavy atom. The summed E-state index contributed by atoms with van der Waals surface area (Å²) in [6.07, 6.45) is 3.90. The molecule has 98 valence electrons. The number of nitrogens with zero attached hydrogens (tertiary/aromatic N) is 2. The van der Waals surface area contributed by atoms with Gasteiger partial charge in [-0.2, -0.15) is 0 Å². The van der Waals surface area contributed by atoms with Gasteiger partial charge in [-0.3, -0.25) is 0 Å². The first-order valence-electron chi connectivity index (χ1n) is 6.47. The van der Waals surface area contributed by atoms with Crippen LogP contribution in [0.25, 0.3) is 0 Å². The third-order valence-electron chi connectivity index (χ3n) is 3.58. The van der Waals surface area contributed by atoms with E-state index in [2.05, 4.69) is 16.0 Å². The van der Waals surface area contributed by atoms with E-state index in [4.69, 9.17) is 17.3 Å². The van der Waals surface area contributed by atoms with E-state index >= 15 is 0 Å². The average Bonchev–Trinajstić information content (AvgIpc) is 2.42. The van der Waals surface area contributed by atoms with E-state index in [1.54, 1.807) is 6.20 Å². The molecule has 1 aliphatic rings. The van der Waals surface area contributed by atoms with Gasteiger partial charge in [0.05, 0.1) is 0 Å². The smallest absolute Gasteiger partial charge is 0.133 e. The molecule has 0 unspecified atom stereocenters. The van der Waals surface area contributed by atoms with E-state index in [1.165, 1.54) is 11.3 Å². The highest BCUT2D eigenvalue weighted by Gasteiger charge is 2.19. The van der Waals surface area contributed by atoms with Crippen molar-refractivity contribution in [3.8, 4) is 0 Å². The molecule has 1 aliphatic heterocycles. The molecule has 0 bridgehead atoms. The molecular weight excluding hydrogens is 258 g/mol. The summed E-state index contributed by atoms with van der Waals surface area (Å²) in [5.74, 6) is 0. The Labute approximate surface area is 118 Å². The molecule has 3 nitrogen and oxygen atoms in total. The van der Waals surface area contributed by atoms with Crippen molar-refractivity contribution in [1.82, 2.24) is 4.98 Å². The molecule has 0 radical (unpaired) electrons. The van der Waals surface area contributed by atoms with E-state index in [0.717, 1.165) is 37.2 Å². The Morgan fingerprint density at radius 1 is 1.26 bits per heavy atom. The molecule has 0 amide bonds. The van der Waals surface area contributed by atoms with Crippen LogP contribution < -0.4 is 10.6 Å². The number of nitrogen functional groups attached to an aromatic ring is 1. The van der Waals surface area contributed by atoms with Gasteiger partial charge in [0.2, 0.25) is 0 Å². The summed E-state index contributed by atoms with van der Waals surface area (Å²) in [7, 11) is 0. The molecule has 2 aromatic rings. The molecule has 0 fully saturated rings. The second kappa shape index (κ2) is 5.10. The van der Waals surface area contributed by atoms with Crippen LogP contribution in [0.3, 0.4) is 0 Å². The van der Waals surface area contributed by atoms with Crippen LogP contribution in [-0.4, -0.2) is 11.5 Å². The largest absolute Gasteiger partial charge is 0.398 e. The minimum absolute atomic E-state index is 0.582. The predicted molar refractivity (Wildman–Crippen MR) is 79.5 cm³/mol. The van der Waals surface area contributed by atoms with Crippen LogP contribution >= 0.6 is 11.6 Å². The maximum absolute atomic E-state index is 6.14. The maximum Gasteiger partial charge on any atom is 0.133 e. The van der Waals surface area contributed by atoms with Gasteiger partial charge >= 0.3 is 0 Å². The zero-order valence-corrected chi connectivity index (χ0v) is 11.4. The Balaban J connectivity index is 1.92. The van der Waals surface area contributed by atoms with Gasteiger partial charge in [0, 0.05) is 36.2 Å². The first-order valence-corrected chi connectivity index (χ1v) is 6.85. The van der Waals surface area contributed by atoms with Crippen LogP contribution in [-0.2, 0) is 13.0 Å². The summed E-state index contributed by atoms with van der Waals surface area (Å²) in [5.41, 5.74) is 10.5. The summed E-state index contributed by atoms with van der Waals surface area (Å²) in [4.78, 5) is 6.46. The molecule has 1 aromatic heterocycles. The van der Waals surface area contributed by atoms with Crippen molar-refractivity contribution in [1.29, 1.82) is 0 Å². The van der Waals surface area contributed by atoms with Gasteiger partial charge in [0.25, 0.3) is 0 Å². The van der Waals surface area contributed by atoms with Gasteiger partial charge in [-0.1, -0.05) is 23.7 Å². The molecule has 19 heavy (non-hydrogen) atoms. The second-order valence-corrected chi connectivity index (χ2v) is 5.18. The summed E-state index contributed by atoms with van der Waals surface area (Å²) >= 11 is 6.14. The number of hydrogen-bond donors (Lipinski definition) is 1. The SMILES string of the molecule is Nc1cccc2c1CCCN2Cc1cccnc1Cl. The number of benzene rings is 1. The van der Waals surface area contributed by atoms with E-state index in [-0.39, 0.29) is 0 Å². The topological polar surface area (TPSA) is 42.1 Å². The summed E-state index contributed by atoms with van der Waals surface area (Å²) < 4.78 is 0. The molecule has 2 heterocycles. The molecule has 0 saturated carbocycles. The Hall–Kier alpha value is -1.74. The highest BCUT2D eigenvalue weighted by molar-refractivity contribution is 6.30. The zero-order chi connectivity index (χ0) is 13.2. The number of anilines is 2. The monoisotopic (exact) mass is 273 g/mol. The third-order valence-corrected chi connectivity index (χ3v) is 3.92. The van der Waals surface area contributed by atoms with Gasteiger partial charge in [-0.05, 0) is 36.6 Å². The van der Waals surface area contributed by atoms with Crippen molar-refractivity contribution in [3.63, 3.8) is 0 Å². The standard InChI is InChI=1S/C15H16ClN3/c16-15-11(4-2-8-18-15)10-19-9-3-5-12-13(17)6-1-7-14(12)19/h1-2,4,6-8H,3,5,9-10,17H2. The minimum atomic E-state index is 0.582. The maximum atomic E-state index is 6.14. The van der Waals surface area contributed by atoms with Crippen molar-refractivity contribution in [3.05, 3.63) is 52.8 Å². The van der Waals surface area contributed by atoms with Gasteiger partial charge in [0.1, 0.15) is 5.15 Å². The first-order chi connectivity index (χ1) is 9.25. The highest BCUT2D eigenvalue weighted by Crippen LogP contribution is 2.32. The van der Waals surface area contributed by atoms with Gasteiger partial charge in [-0.25, -0.2) is 4.98 Å². The Bertz CT molecular complexity index is 598. The molecule has 3 rings (SSSR count). The molecule has 0 spiro atoms. The van der Waals surface area contributed by atoms with Crippen LogP contribution in [0.1, 0.15) is 17.5 Å². The number of hydrogen-bond acceptors (Lipinski definition) is 3. The highest BCUT2D eigenvalue weighted by atomic mass is 35.5. The molecule has 0 saturated heterocycles. The van der Waals surface area contributed by atoms with E-state index in [1.807, 2.05) is 24.3 Å². The normalized spacial score (nSPS) is 14.3. The second-order valence-electron chi connectivity index (χ2n) is 4.82. The molecule has 4 heteroatoms. The van der Waals surface area contributed by atoms with Gasteiger partial charge in [-0.15, -0.1) is 0 Å². The number of fused-ring (bicyclic) bond motifs is 1. The lowest BCUT2D eigenvalue weighted by molar-refractivity contribution is 0.691. The summed E-state index contributed by atoms with van der Waals surface area (Å²) in [5, 5.41) is 0.582. The van der Waals surface area contributed by atoms with E-state index < -0.39 is 0 Å². The van der Waals surface area contributed by atoms with E-state index in [9.17, 15) is 0 Å². The van der Waals surface area contributed by atoms with Crippen LogP contribution in [0.2, 0.25) is 5.15 Å². The van der Waals surface area contributed by atoms with Crippen molar-refractivity contribution >= 4 is 23.0 Å². The van der Waals surface area contributed by atoms with E-state index in [0.29, 0.717) is 5.15 Å².